The quantitative estimate of drug-likeness (QED) is 0.582. The zero-order valence-corrected chi connectivity index (χ0v) is 20.3. The number of amides is 2. The van der Waals surface area contributed by atoms with Gasteiger partial charge in [-0.1, -0.05) is 23.7 Å². The molecule has 1 unspecified atom stereocenters. The molecule has 0 spiro atoms. The molecule has 7 nitrogen and oxygen atoms in total. The van der Waals surface area contributed by atoms with Crippen molar-refractivity contribution < 1.29 is 23.8 Å². The number of ether oxygens (including phenoxy) is 3. The predicted molar refractivity (Wildman–Crippen MR) is 130 cm³/mol. The molecule has 2 heterocycles. The van der Waals surface area contributed by atoms with Gasteiger partial charge in [0.1, 0.15) is 6.10 Å². The van der Waals surface area contributed by atoms with Crippen molar-refractivity contribution in [3.05, 3.63) is 58.6 Å². The van der Waals surface area contributed by atoms with Crippen LogP contribution in [-0.4, -0.2) is 67.6 Å². The van der Waals surface area contributed by atoms with Gasteiger partial charge in [0.25, 0.3) is 11.8 Å². The van der Waals surface area contributed by atoms with E-state index in [-0.39, 0.29) is 24.5 Å². The second-order valence-corrected chi connectivity index (χ2v) is 8.92. The van der Waals surface area contributed by atoms with Crippen LogP contribution >= 0.6 is 11.6 Å². The van der Waals surface area contributed by atoms with E-state index in [0.29, 0.717) is 48.4 Å². The number of morpholine rings is 1. The highest BCUT2D eigenvalue weighted by molar-refractivity contribution is 6.30. The number of rotatable bonds is 7. The second-order valence-electron chi connectivity index (χ2n) is 8.49. The van der Waals surface area contributed by atoms with Crippen LogP contribution < -0.4 is 9.47 Å². The summed E-state index contributed by atoms with van der Waals surface area (Å²) in [6.45, 7) is 5.23. The molecule has 2 aromatic rings. The van der Waals surface area contributed by atoms with Crippen molar-refractivity contribution in [2.45, 2.75) is 32.3 Å². The van der Waals surface area contributed by atoms with Crippen LogP contribution in [0.2, 0.25) is 5.02 Å². The molecule has 1 atom stereocenters. The van der Waals surface area contributed by atoms with Gasteiger partial charge in [0.05, 0.1) is 19.8 Å². The van der Waals surface area contributed by atoms with Crippen molar-refractivity contribution in [1.29, 1.82) is 0 Å². The lowest BCUT2D eigenvalue weighted by atomic mass is 10.1. The van der Waals surface area contributed by atoms with Crippen LogP contribution in [0.1, 0.15) is 48.2 Å². The number of carbonyl (C=O) groups is 2. The smallest absolute Gasteiger partial charge is 0.260 e. The lowest BCUT2D eigenvalue weighted by Crippen LogP contribution is -2.42. The monoisotopic (exact) mass is 486 g/mol. The van der Waals surface area contributed by atoms with Crippen LogP contribution in [-0.2, 0) is 9.53 Å². The molecule has 0 N–H and O–H groups in total. The molecular formula is C26H31ClN2O5. The molecule has 0 aliphatic carbocycles. The number of nitrogens with zero attached hydrogens (tertiary/aromatic N) is 2. The molecule has 34 heavy (non-hydrogen) atoms. The molecule has 2 amide bonds. The van der Waals surface area contributed by atoms with E-state index in [1.54, 1.807) is 23.1 Å². The Labute approximate surface area is 205 Å². The van der Waals surface area contributed by atoms with Gasteiger partial charge in [-0.2, -0.15) is 0 Å². The van der Waals surface area contributed by atoms with Gasteiger partial charge in [0.2, 0.25) is 0 Å². The summed E-state index contributed by atoms with van der Waals surface area (Å²) in [5, 5.41) is 0.663. The van der Waals surface area contributed by atoms with Gasteiger partial charge in [-0.15, -0.1) is 0 Å². The number of likely N-dealkylation sites (tertiary alicyclic amines) is 1. The predicted octanol–water partition coefficient (Wildman–Crippen LogP) is 4.34. The largest absolute Gasteiger partial charge is 0.490 e. The minimum Gasteiger partial charge on any atom is -0.490 e. The Morgan fingerprint density at radius 1 is 0.971 bits per heavy atom. The summed E-state index contributed by atoms with van der Waals surface area (Å²) in [4.78, 5) is 29.4. The third-order valence-electron chi connectivity index (χ3n) is 6.15. The molecule has 0 bridgehead atoms. The lowest BCUT2D eigenvalue weighted by molar-refractivity contribution is -0.134. The van der Waals surface area contributed by atoms with Crippen LogP contribution in [0.15, 0.2) is 42.5 Å². The molecule has 0 aromatic heterocycles. The molecule has 8 heteroatoms. The van der Waals surface area contributed by atoms with Gasteiger partial charge in [0.15, 0.2) is 18.1 Å². The highest BCUT2D eigenvalue weighted by Gasteiger charge is 2.27. The van der Waals surface area contributed by atoms with Gasteiger partial charge in [-0.3, -0.25) is 9.59 Å². The molecule has 2 saturated heterocycles. The Morgan fingerprint density at radius 2 is 1.74 bits per heavy atom. The number of halogens is 1. The van der Waals surface area contributed by atoms with Gasteiger partial charge >= 0.3 is 0 Å². The Balaban J connectivity index is 1.42. The van der Waals surface area contributed by atoms with Gasteiger partial charge < -0.3 is 24.0 Å². The van der Waals surface area contributed by atoms with E-state index in [0.717, 1.165) is 37.9 Å². The van der Waals surface area contributed by atoms with Crippen molar-refractivity contribution in [3.63, 3.8) is 0 Å². The van der Waals surface area contributed by atoms with Crippen molar-refractivity contribution in [2.24, 2.45) is 0 Å². The first-order valence-corrected chi connectivity index (χ1v) is 12.3. The third-order valence-corrected chi connectivity index (χ3v) is 6.40. The number of hydrogen-bond donors (Lipinski definition) is 0. The Bertz CT molecular complexity index is 991. The average molecular weight is 487 g/mol. The normalized spacial score (nSPS) is 18.5. The first kappa shape index (κ1) is 24.4. The topological polar surface area (TPSA) is 68.3 Å². The molecule has 2 aromatic carbocycles. The minimum absolute atomic E-state index is 0.0242. The standard InChI is InChI=1S/C26H31ClN2O5/c1-2-32-23-16-20(8-11-22(23)34-18-25(30)28-12-4-3-5-13-28)26(31)29-14-15-33-24(17-29)19-6-9-21(27)10-7-19/h6-11,16,24H,2-5,12-15,17-18H2,1H3. The number of piperidine rings is 1. The van der Waals surface area contributed by atoms with Gasteiger partial charge in [0, 0.05) is 30.2 Å². The fourth-order valence-electron chi connectivity index (χ4n) is 4.30. The van der Waals surface area contributed by atoms with E-state index in [1.807, 2.05) is 36.1 Å². The molecule has 0 saturated carbocycles. The fourth-order valence-corrected chi connectivity index (χ4v) is 4.42. The number of hydrogen-bond acceptors (Lipinski definition) is 5. The van der Waals surface area contributed by atoms with Crippen molar-refractivity contribution in [2.75, 3.05) is 46.0 Å². The van der Waals surface area contributed by atoms with Crippen molar-refractivity contribution in [1.82, 2.24) is 9.80 Å². The Kier molecular flexibility index (Phi) is 8.29. The highest BCUT2D eigenvalue weighted by Crippen LogP contribution is 2.30. The van der Waals surface area contributed by atoms with E-state index in [9.17, 15) is 9.59 Å². The molecule has 2 aliphatic heterocycles. The number of benzene rings is 2. The maximum Gasteiger partial charge on any atom is 0.260 e. The summed E-state index contributed by atoms with van der Waals surface area (Å²) in [6, 6.07) is 12.6. The zero-order chi connectivity index (χ0) is 23.9. The van der Waals surface area contributed by atoms with Crippen LogP contribution in [0.25, 0.3) is 0 Å². The summed E-state index contributed by atoms with van der Waals surface area (Å²) in [5.74, 6) is 0.801. The third kappa shape index (κ3) is 6.02. The minimum atomic E-state index is -0.204. The van der Waals surface area contributed by atoms with E-state index >= 15 is 0 Å². The van der Waals surface area contributed by atoms with Crippen molar-refractivity contribution >= 4 is 23.4 Å². The van der Waals surface area contributed by atoms with Gasteiger partial charge in [-0.05, 0) is 62.1 Å². The van der Waals surface area contributed by atoms with E-state index in [4.69, 9.17) is 25.8 Å². The van der Waals surface area contributed by atoms with Crippen molar-refractivity contribution in [3.8, 4) is 11.5 Å². The molecule has 2 fully saturated rings. The first-order chi connectivity index (χ1) is 16.5. The molecule has 182 valence electrons. The number of carbonyl (C=O) groups excluding carboxylic acids is 2. The van der Waals surface area contributed by atoms with Crippen LogP contribution in [0, 0.1) is 0 Å². The Hall–Kier alpha value is -2.77. The van der Waals surface area contributed by atoms with E-state index in [1.165, 1.54) is 0 Å². The summed E-state index contributed by atoms with van der Waals surface area (Å²) < 4.78 is 17.4. The van der Waals surface area contributed by atoms with E-state index in [2.05, 4.69) is 0 Å². The molecule has 2 aliphatic rings. The fraction of sp³-hybridized carbons (Fsp3) is 0.462. The second kappa shape index (κ2) is 11.6. The molecule has 4 rings (SSSR count). The van der Waals surface area contributed by atoms with E-state index < -0.39 is 0 Å². The van der Waals surface area contributed by atoms with Crippen LogP contribution in [0.5, 0.6) is 11.5 Å². The maximum absolute atomic E-state index is 13.3. The first-order valence-electron chi connectivity index (χ1n) is 11.9. The molecular weight excluding hydrogens is 456 g/mol. The summed E-state index contributed by atoms with van der Waals surface area (Å²) in [7, 11) is 0. The van der Waals surface area contributed by atoms with Crippen LogP contribution in [0.4, 0.5) is 0 Å². The maximum atomic E-state index is 13.3. The van der Waals surface area contributed by atoms with Crippen LogP contribution in [0.3, 0.4) is 0 Å². The lowest BCUT2D eigenvalue weighted by Gasteiger charge is -2.33. The Morgan fingerprint density at radius 3 is 2.47 bits per heavy atom. The zero-order valence-electron chi connectivity index (χ0n) is 19.5. The summed E-state index contributed by atoms with van der Waals surface area (Å²) >= 11 is 5.99. The van der Waals surface area contributed by atoms with Gasteiger partial charge in [-0.25, -0.2) is 0 Å². The summed E-state index contributed by atoms with van der Waals surface area (Å²) in [5.41, 5.74) is 1.49. The average Bonchev–Trinajstić information content (AvgIpc) is 2.88. The highest BCUT2D eigenvalue weighted by atomic mass is 35.5. The molecule has 0 radical (unpaired) electrons. The summed E-state index contributed by atoms with van der Waals surface area (Å²) in [6.07, 6.45) is 3.03. The SMILES string of the molecule is CCOc1cc(C(=O)N2CCOC(c3ccc(Cl)cc3)C2)ccc1OCC(=O)N1CCCCC1.